The second-order valence-electron chi connectivity index (χ2n) is 9.45. The van der Waals surface area contributed by atoms with E-state index in [0.29, 0.717) is 33.9 Å². The van der Waals surface area contributed by atoms with E-state index in [0.717, 1.165) is 31.2 Å². The number of carbonyl (C=O) groups excluding carboxylic acids is 1. The van der Waals surface area contributed by atoms with Crippen molar-refractivity contribution in [2.45, 2.75) is 48.4 Å². The first-order chi connectivity index (χ1) is 16.4. The van der Waals surface area contributed by atoms with Crippen LogP contribution in [0.4, 0.5) is 14.5 Å². The summed E-state index contributed by atoms with van der Waals surface area (Å²) in [6.45, 7) is 1.59. The summed E-state index contributed by atoms with van der Waals surface area (Å²) in [6.07, 6.45) is 4.13. The quantitative estimate of drug-likeness (QED) is 0.468. The molecule has 2 aromatic rings. The molecular weight excluding hydrogens is 518 g/mol. The van der Waals surface area contributed by atoms with Gasteiger partial charge < -0.3 is 10.4 Å². The number of amides is 1. The van der Waals surface area contributed by atoms with E-state index in [1.54, 1.807) is 25.1 Å². The van der Waals surface area contributed by atoms with Crippen LogP contribution in [0, 0.1) is 30.4 Å². The molecule has 6 nitrogen and oxygen atoms in total. The first-order valence-electron chi connectivity index (χ1n) is 11.3. The SMILES string of the molecule is Cc1cc(F)c(F)cc1NC(=O)c1ccc(Cl)c(S[C@@H]2CC3CC[C@@H](C2)[C@@]3(O)CNS(C)(=O)=O)c1. The third-order valence-electron chi connectivity index (χ3n) is 6.99. The van der Waals surface area contributed by atoms with Gasteiger partial charge in [-0.1, -0.05) is 11.6 Å². The number of rotatable bonds is 7. The van der Waals surface area contributed by atoms with Crippen LogP contribution in [0.3, 0.4) is 0 Å². The highest BCUT2D eigenvalue weighted by molar-refractivity contribution is 8.00. The van der Waals surface area contributed by atoms with Crippen molar-refractivity contribution in [3.63, 3.8) is 0 Å². The Morgan fingerprint density at radius 1 is 1.17 bits per heavy atom. The van der Waals surface area contributed by atoms with E-state index in [1.807, 2.05) is 0 Å². The Balaban J connectivity index is 1.46. The van der Waals surface area contributed by atoms with Gasteiger partial charge in [0.25, 0.3) is 5.91 Å². The first kappa shape index (κ1) is 26.3. The van der Waals surface area contributed by atoms with E-state index in [9.17, 15) is 27.1 Å². The third kappa shape index (κ3) is 5.83. The Labute approximate surface area is 212 Å². The number of aryl methyl sites for hydroxylation is 1. The molecule has 0 radical (unpaired) electrons. The number of halogens is 3. The number of hydrogen-bond donors (Lipinski definition) is 3. The third-order valence-corrected chi connectivity index (χ3v) is 9.41. The molecule has 2 aromatic carbocycles. The predicted octanol–water partition coefficient (Wildman–Crippen LogP) is 4.74. The molecule has 4 atom stereocenters. The number of hydrogen-bond acceptors (Lipinski definition) is 5. The zero-order valence-corrected chi connectivity index (χ0v) is 21.7. The first-order valence-corrected chi connectivity index (χ1v) is 14.4. The van der Waals surface area contributed by atoms with Crippen LogP contribution in [-0.4, -0.2) is 43.1 Å². The second-order valence-corrected chi connectivity index (χ2v) is 13.0. The predicted molar refractivity (Wildman–Crippen MR) is 133 cm³/mol. The molecule has 190 valence electrons. The largest absolute Gasteiger partial charge is 0.388 e. The van der Waals surface area contributed by atoms with Crippen LogP contribution in [-0.2, 0) is 10.0 Å². The van der Waals surface area contributed by atoms with E-state index in [2.05, 4.69) is 10.0 Å². The molecule has 2 fully saturated rings. The average molecular weight is 545 g/mol. The molecule has 2 bridgehead atoms. The van der Waals surface area contributed by atoms with Gasteiger partial charge in [-0.15, -0.1) is 11.8 Å². The molecule has 2 aliphatic rings. The smallest absolute Gasteiger partial charge is 0.255 e. The van der Waals surface area contributed by atoms with Gasteiger partial charge in [0, 0.05) is 34.0 Å². The maximum absolute atomic E-state index is 13.6. The van der Waals surface area contributed by atoms with E-state index in [4.69, 9.17) is 11.6 Å². The summed E-state index contributed by atoms with van der Waals surface area (Å²) in [6, 6.07) is 6.84. The number of nitrogens with one attached hydrogen (secondary N) is 2. The van der Waals surface area contributed by atoms with Crippen LogP contribution < -0.4 is 10.0 Å². The summed E-state index contributed by atoms with van der Waals surface area (Å²) in [7, 11) is -3.40. The molecule has 2 saturated carbocycles. The number of sulfonamides is 1. The summed E-state index contributed by atoms with van der Waals surface area (Å²) >= 11 is 7.96. The van der Waals surface area contributed by atoms with Crippen LogP contribution in [0.1, 0.15) is 41.6 Å². The van der Waals surface area contributed by atoms with Crippen molar-refractivity contribution in [3.05, 3.63) is 58.1 Å². The van der Waals surface area contributed by atoms with Crippen molar-refractivity contribution in [2.75, 3.05) is 18.1 Å². The molecule has 11 heteroatoms. The summed E-state index contributed by atoms with van der Waals surface area (Å²) in [4.78, 5) is 13.5. The number of carbonyl (C=O) groups is 1. The van der Waals surface area contributed by atoms with Gasteiger partial charge in [-0.05, 0) is 74.3 Å². The van der Waals surface area contributed by atoms with E-state index < -0.39 is 33.2 Å². The zero-order chi connectivity index (χ0) is 25.5. The number of fused-ring (bicyclic) bond motifs is 2. The summed E-state index contributed by atoms with van der Waals surface area (Å²) < 4.78 is 52.5. The fourth-order valence-corrected chi connectivity index (χ4v) is 7.27. The second kappa shape index (κ2) is 9.97. The molecule has 3 N–H and O–H groups in total. The Hall–Kier alpha value is -1.72. The molecule has 0 saturated heterocycles. The monoisotopic (exact) mass is 544 g/mol. The van der Waals surface area contributed by atoms with E-state index in [-0.39, 0.29) is 29.3 Å². The molecule has 0 aromatic heterocycles. The van der Waals surface area contributed by atoms with Crippen LogP contribution in [0.2, 0.25) is 5.02 Å². The van der Waals surface area contributed by atoms with Gasteiger partial charge >= 0.3 is 0 Å². The highest BCUT2D eigenvalue weighted by Gasteiger charge is 2.53. The summed E-state index contributed by atoms with van der Waals surface area (Å²) in [5, 5.41) is 14.5. The van der Waals surface area contributed by atoms with Gasteiger partial charge in [0.15, 0.2) is 11.6 Å². The van der Waals surface area contributed by atoms with Crippen molar-refractivity contribution in [3.8, 4) is 0 Å². The minimum Gasteiger partial charge on any atom is -0.388 e. The molecule has 0 aliphatic heterocycles. The lowest BCUT2D eigenvalue weighted by Gasteiger charge is -2.42. The molecule has 4 rings (SSSR count). The Kier molecular flexibility index (Phi) is 7.51. The highest BCUT2D eigenvalue weighted by Crippen LogP contribution is 2.53. The minimum atomic E-state index is -3.40. The van der Waals surface area contributed by atoms with Gasteiger partial charge in [-0.3, -0.25) is 4.79 Å². The summed E-state index contributed by atoms with van der Waals surface area (Å²) in [5.41, 5.74) is -0.151. The van der Waals surface area contributed by atoms with Crippen molar-refractivity contribution in [2.24, 2.45) is 11.8 Å². The Morgan fingerprint density at radius 2 is 1.80 bits per heavy atom. The van der Waals surface area contributed by atoms with Gasteiger partial charge in [0.1, 0.15) is 0 Å². The van der Waals surface area contributed by atoms with E-state index >= 15 is 0 Å². The maximum Gasteiger partial charge on any atom is 0.255 e. The summed E-state index contributed by atoms with van der Waals surface area (Å²) in [5.74, 6) is -2.56. The fraction of sp³-hybridized carbons (Fsp3) is 0.458. The Morgan fingerprint density at radius 3 is 2.43 bits per heavy atom. The Bertz CT molecular complexity index is 1240. The van der Waals surface area contributed by atoms with Crippen molar-refractivity contribution < 1.29 is 27.1 Å². The van der Waals surface area contributed by atoms with Gasteiger partial charge in [0.05, 0.1) is 16.9 Å². The van der Waals surface area contributed by atoms with Gasteiger partial charge in [-0.2, -0.15) is 0 Å². The number of benzene rings is 2. The molecular formula is C24H27ClF2N2O4S2. The topological polar surface area (TPSA) is 95.5 Å². The fourth-order valence-electron chi connectivity index (χ4n) is 5.13. The van der Waals surface area contributed by atoms with Crippen LogP contribution >= 0.6 is 23.4 Å². The standard InChI is InChI=1S/C24H27ClF2N2O4S2/c1-13-7-19(26)20(27)11-21(13)29-23(30)14-3-6-18(25)22(8-14)34-17-9-15-4-5-16(10-17)24(15,31)12-28-35(2,32)33/h3,6-8,11,15-17,28,31H,4-5,9-10,12H2,1-2H3,(H,29,30)/t15-,16?,17-,24-/m0/s1. The van der Waals surface area contributed by atoms with Crippen LogP contribution in [0.25, 0.3) is 0 Å². The normalized spacial score (nSPS) is 26.1. The van der Waals surface area contributed by atoms with E-state index in [1.165, 1.54) is 11.8 Å². The van der Waals surface area contributed by atoms with Crippen LogP contribution in [0.5, 0.6) is 0 Å². The number of anilines is 1. The van der Waals surface area contributed by atoms with Crippen molar-refractivity contribution in [1.82, 2.24) is 4.72 Å². The molecule has 0 spiro atoms. The average Bonchev–Trinajstić information content (AvgIpc) is 2.93. The zero-order valence-electron chi connectivity index (χ0n) is 19.3. The van der Waals surface area contributed by atoms with Crippen molar-refractivity contribution >= 4 is 45.0 Å². The molecule has 0 heterocycles. The number of thioether (sulfide) groups is 1. The molecule has 1 amide bonds. The van der Waals surface area contributed by atoms with Gasteiger partial charge in [-0.25, -0.2) is 21.9 Å². The number of aliphatic hydroxyl groups is 1. The molecule has 1 unspecified atom stereocenters. The molecule has 2 aliphatic carbocycles. The highest BCUT2D eigenvalue weighted by atomic mass is 35.5. The maximum atomic E-state index is 13.6. The lowest BCUT2D eigenvalue weighted by atomic mass is 9.74. The van der Waals surface area contributed by atoms with Crippen LogP contribution in [0.15, 0.2) is 35.2 Å². The minimum absolute atomic E-state index is 0.0123. The van der Waals surface area contributed by atoms with Gasteiger partial charge in [0.2, 0.25) is 10.0 Å². The molecule has 35 heavy (non-hydrogen) atoms. The van der Waals surface area contributed by atoms with Crippen molar-refractivity contribution in [1.29, 1.82) is 0 Å². The lowest BCUT2D eigenvalue weighted by molar-refractivity contribution is -0.0519. The lowest BCUT2D eigenvalue weighted by Crippen LogP contribution is -2.53.